The second-order valence-electron chi connectivity index (χ2n) is 21.4. The number of nitrogens with two attached hydrogens (primary N) is 6. The summed E-state index contributed by atoms with van der Waals surface area (Å²) in [6, 6.07) is 6.85. The van der Waals surface area contributed by atoms with E-state index in [1.807, 2.05) is 75.4 Å². The zero-order valence-electron chi connectivity index (χ0n) is 49.1. The Balaban J connectivity index is 1.85. The lowest BCUT2D eigenvalue weighted by Crippen LogP contribution is -2.61. The molecule has 84 heavy (non-hydrogen) atoms. The summed E-state index contributed by atoms with van der Waals surface area (Å²) in [6.45, 7) is 11.0. The lowest BCUT2D eigenvalue weighted by molar-refractivity contribution is -0.136. The first-order chi connectivity index (χ1) is 39.7. The number of carbonyl (C=O) groups excluding carboxylic acids is 10. The summed E-state index contributed by atoms with van der Waals surface area (Å²) in [5.74, 6) is -9.01. The van der Waals surface area contributed by atoms with Crippen LogP contribution in [0.1, 0.15) is 98.1 Å². The van der Waals surface area contributed by atoms with Crippen LogP contribution in [0.2, 0.25) is 0 Å². The second-order valence-corrected chi connectivity index (χ2v) is 21.4. The fraction of sp³-hybridized carbons (Fsp3) is 0.536. The Morgan fingerprint density at radius 2 is 1.06 bits per heavy atom. The van der Waals surface area contributed by atoms with Crippen LogP contribution in [0.4, 0.5) is 0 Å². The molecule has 3 aromatic rings. The first-order valence-electron chi connectivity index (χ1n) is 28.1. The number of hydrogen-bond acceptors (Lipinski definition) is 13. The van der Waals surface area contributed by atoms with Gasteiger partial charge in [0.25, 0.3) is 0 Å². The minimum atomic E-state index is -1.33. The van der Waals surface area contributed by atoms with E-state index in [0.717, 1.165) is 16.5 Å². The number of primary amides is 1. The predicted molar refractivity (Wildman–Crippen MR) is 318 cm³/mol. The predicted octanol–water partition coefficient (Wildman–Crippen LogP) is -2.73. The van der Waals surface area contributed by atoms with Gasteiger partial charge < -0.3 is 87.2 Å². The molecule has 0 aliphatic heterocycles. The van der Waals surface area contributed by atoms with Crippen LogP contribution >= 0.6 is 0 Å². The molecule has 462 valence electrons. The Bertz CT molecular complexity index is 2760. The number of benzene rings is 2. The van der Waals surface area contributed by atoms with Gasteiger partial charge in [-0.15, -0.1) is 0 Å². The van der Waals surface area contributed by atoms with E-state index in [1.165, 1.54) is 6.92 Å². The molecule has 9 atom stereocenters. The van der Waals surface area contributed by atoms with Gasteiger partial charge in [0.1, 0.15) is 42.3 Å². The van der Waals surface area contributed by atoms with Crippen LogP contribution in [-0.2, 0) is 60.8 Å². The first kappa shape index (κ1) is 69.4. The fourth-order valence-corrected chi connectivity index (χ4v) is 8.72. The van der Waals surface area contributed by atoms with Crippen molar-refractivity contribution in [1.29, 1.82) is 0 Å². The summed E-state index contributed by atoms with van der Waals surface area (Å²) >= 11 is 0. The Hall–Kier alpha value is -8.82. The zero-order chi connectivity index (χ0) is 62.6. The van der Waals surface area contributed by atoms with Gasteiger partial charge in [0.05, 0.1) is 19.1 Å². The third-order valence-corrected chi connectivity index (χ3v) is 13.5. The quantitative estimate of drug-likeness (QED) is 0.0160. The highest BCUT2D eigenvalue weighted by Crippen LogP contribution is 2.20. The Labute approximate surface area is 489 Å². The molecular formula is C56H88N18O10. The first-order valence-corrected chi connectivity index (χ1v) is 28.1. The number of amides is 10. The summed E-state index contributed by atoms with van der Waals surface area (Å²) in [5.41, 5.74) is 35.5. The van der Waals surface area contributed by atoms with Crippen molar-refractivity contribution in [1.82, 2.24) is 52.8 Å². The van der Waals surface area contributed by atoms with Crippen molar-refractivity contribution >= 4 is 81.9 Å². The molecule has 10 amide bonds. The van der Waals surface area contributed by atoms with Gasteiger partial charge in [0, 0.05) is 36.6 Å². The third kappa shape index (κ3) is 24.3. The van der Waals surface area contributed by atoms with Gasteiger partial charge in [-0.25, -0.2) is 0 Å². The van der Waals surface area contributed by atoms with Crippen LogP contribution in [0.5, 0.6) is 0 Å². The van der Waals surface area contributed by atoms with Gasteiger partial charge in [0.15, 0.2) is 11.9 Å². The average molecular weight is 1170 g/mol. The number of nitrogens with zero attached hydrogens (tertiary/aromatic N) is 2. The highest BCUT2D eigenvalue weighted by Gasteiger charge is 2.35. The Kier molecular flexibility index (Phi) is 29.1. The van der Waals surface area contributed by atoms with Crippen LogP contribution < -0.4 is 82.3 Å². The maximum Gasteiger partial charge on any atom is 0.243 e. The molecule has 28 nitrogen and oxygen atoms in total. The number of nitrogens with one attached hydrogen (secondary N) is 10. The van der Waals surface area contributed by atoms with E-state index in [-0.39, 0.29) is 81.8 Å². The van der Waals surface area contributed by atoms with Crippen LogP contribution in [0, 0.1) is 17.8 Å². The van der Waals surface area contributed by atoms with Crippen molar-refractivity contribution in [2.75, 3.05) is 26.2 Å². The van der Waals surface area contributed by atoms with E-state index in [2.05, 4.69) is 62.8 Å². The fourth-order valence-electron chi connectivity index (χ4n) is 8.72. The van der Waals surface area contributed by atoms with Crippen molar-refractivity contribution in [2.45, 2.75) is 148 Å². The molecule has 22 N–H and O–H groups in total. The summed E-state index contributed by atoms with van der Waals surface area (Å²) < 4.78 is 0. The lowest BCUT2D eigenvalue weighted by Gasteiger charge is -2.29. The molecule has 0 aliphatic rings. The van der Waals surface area contributed by atoms with Gasteiger partial charge in [0.2, 0.25) is 59.1 Å². The number of aromatic amines is 1. The van der Waals surface area contributed by atoms with E-state index in [0.29, 0.717) is 12.0 Å². The van der Waals surface area contributed by atoms with Gasteiger partial charge >= 0.3 is 0 Å². The minimum absolute atomic E-state index is 0.0352. The van der Waals surface area contributed by atoms with Gasteiger partial charge in [-0.2, -0.15) is 0 Å². The van der Waals surface area contributed by atoms with Crippen molar-refractivity contribution in [2.24, 2.45) is 62.1 Å². The van der Waals surface area contributed by atoms with Gasteiger partial charge in [-0.1, -0.05) is 96.5 Å². The molecule has 1 aromatic heterocycles. The molecule has 0 radical (unpaired) electrons. The molecule has 0 aliphatic carbocycles. The largest absolute Gasteiger partial charge is 0.370 e. The zero-order valence-corrected chi connectivity index (χ0v) is 49.1. The van der Waals surface area contributed by atoms with Crippen LogP contribution in [0.15, 0.2) is 70.8 Å². The second kappa shape index (κ2) is 35.2. The highest BCUT2D eigenvalue weighted by atomic mass is 16.2. The number of para-hydroxylation sites is 1. The lowest BCUT2D eigenvalue weighted by atomic mass is 9.97. The molecular weight excluding hydrogens is 1080 g/mol. The summed E-state index contributed by atoms with van der Waals surface area (Å²) in [5, 5.41) is 24.5. The standard InChI is InChI=1S/C56H88N18O10/c1-8-32(6)46(74-48(78)37(57)25-34-16-10-9-11-17-34)54(84)68-33(7)47(77)71-42(26-35-27-65-38-19-13-12-18-36(35)38)51(81)72-41(24-30(2)3)52(82)73-45(31(4)5)53(83)70-40(21-15-23-64-56(61)62)50(80)67-29-44(76)69-39(20-14-22-63-55(59)60)49(79)66-28-43(58)75/h9-13,16-19,27,30-33,37,39-42,45-46,65H,8,14-15,20-26,28-29,57H2,1-7H3,(H2,58,75)(H,66,79)(H,67,80)(H,68,84)(H,69,76)(H,70,83)(H,71,77)(H,72,81)(H,73,82)(H,74,78)(H4,59,60,63)(H4,61,62,64)/t32-,33-,37-,39-,40-,41-,42-,45-,46-/m0/s1. The van der Waals surface area contributed by atoms with Crippen molar-refractivity contribution < 1.29 is 47.9 Å². The number of guanidine groups is 2. The molecule has 1 heterocycles. The monoisotopic (exact) mass is 1170 g/mol. The molecule has 3 rings (SSSR count). The molecule has 0 bridgehead atoms. The molecule has 0 fully saturated rings. The molecule has 0 saturated heterocycles. The third-order valence-electron chi connectivity index (χ3n) is 13.5. The van der Waals surface area contributed by atoms with E-state index in [1.54, 1.807) is 27.0 Å². The number of fused-ring (bicyclic) bond motifs is 1. The minimum Gasteiger partial charge on any atom is -0.370 e. The van der Waals surface area contributed by atoms with E-state index in [9.17, 15) is 47.9 Å². The Morgan fingerprint density at radius 3 is 1.63 bits per heavy atom. The van der Waals surface area contributed by atoms with Gasteiger partial charge in [-0.05, 0) is 80.4 Å². The van der Waals surface area contributed by atoms with E-state index >= 15 is 0 Å². The van der Waals surface area contributed by atoms with Gasteiger partial charge in [-0.3, -0.25) is 57.9 Å². The normalized spacial score (nSPS) is 14.3. The van der Waals surface area contributed by atoms with Crippen molar-refractivity contribution in [3.8, 4) is 0 Å². The van der Waals surface area contributed by atoms with E-state index in [4.69, 9.17) is 34.4 Å². The number of H-pyrrole nitrogens is 1. The highest BCUT2D eigenvalue weighted by molar-refractivity contribution is 5.98. The van der Waals surface area contributed by atoms with E-state index < -0.39 is 126 Å². The topological polar surface area (TPSA) is 476 Å². The molecule has 0 spiro atoms. The molecule has 0 saturated carbocycles. The summed E-state index contributed by atoms with van der Waals surface area (Å²) in [4.78, 5) is 147. The average Bonchev–Trinajstić information content (AvgIpc) is 4.12. The number of rotatable bonds is 36. The maximum absolute atomic E-state index is 14.6. The SMILES string of the molecule is CC[C@H](C)[C@H](NC(=O)[C@@H](N)Cc1ccccc1)C(=O)N[C@@H](C)C(=O)N[C@@H](Cc1c[nH]c2ccccc12)C(=O)N[C@@H](CC(C)C)C(=O)N[C@H](C(=O)N[C@@H](CCCN=C(N)N)C(=O)NCC(=O)N[C@@H](CCCN=C(N)N)C(=O)NCC(N)=O)C(C)C. The molecule has 2 aromatic carbocycles. The van der Waals surface area contributed by atoms with Crippen LogP contribution in [-0.4, -0.2) is 150 Å². The molecule has 0 unspecified atom stereocenters. The smallest absolute Gasteiger partial charge is 0.243 e. The Morgan fingerprint density at radius 1 is 0.536 bits per heavy atom. The van der Waals surface area contributed by atoms with Crippen LogP contribution in [0.3, 0.4) is 0 Å². The maximum atomic E-state index is 14.6. The van der Waals surface area contributed by atoms with Crippen molar-refractivity contribution in [3.05, 3.63) is 71.9 Å². The number of aromatic nitrogens is 1. The van der Waals surface area contributed by atoms with Crippen LogP contribution in [0.25, 0.3) is 10.9 Å². The summed E-state index contributed by atoms with van der Waals surface area (Å²) in [6.07, 6.45) is 2.83. The number of aliphatic imine (C=N–C) groups is 2. The number of hydrogen-bond donors (Lipinski definition) is 16. The summed E-state index contributed by atoms with van der Waals surface area (Å²) in [7, 11) is 0. The number of carbonyl (C=O) groups is 10. The molecule has 28 heteroatoms. The van der Waals surface area contributed by atoms with Crippen molar-refractivity contribution in [3.63, 3.8) is 0 Å².